The SMILES string of the molecule is NNCc1cn[nH]c1[N+](=O)[O-]. The van der Waals surface area contributed by atoms with Gasteiger partial charge in [0.2, 0.25) is 0 Å². The van der Waals surface area contributed by atoms with Crippen LogP contribution in [0.3, 0.4) is 0 Å². The van der Waals surface area contributed by atoms with Gasteiger partial charge in [-0.15, -0.1) is 5.10 Å². The Kier molecular flexibility index (Phi) is 2.14. The van der Waals surface area contributed by atoms with Crippen molar-refractivity contribution in [1.29, 1.82) is 0 Å². The molecule has 0 fully saturated rings. The molecular formula is C4H7N5O2. The summed E-state index contributed by atoms with van der Waals surface area (Å²) in [6.45, 7) is 0.229. The predicted octanol–water partition coefficient (Wildman–Crippen LogP) is -0.719. The summed E-state index contributed by atoms with van der Waals surface area (Å²) in [7, 11) is 0. The number of aromatic amines is 1. The Hall–Kier alpha value is -1.47. The number of nitrogens with two attached hydrogens (primary N) is 1. The Morgan fingerprint density at radius 1 is 1.91 bits per heavy atom. The molecule has 0 unspecified atom stereocenters. The van der Waals surface area contributed by atoms with E-state index >= 15 is 0 Å². The number of nitro groups is 1. The third-order valence-electron chi connectivity index (χ3n) is 1.17. The number of nitrogens with zero attached hydrogens (tertiary/aromatic N) is 2. The van der Waals surface area contributed by atoms with Gasteiger partial charge in [0.15, 0.2) is 0 Å². The molecule has 4 N–H and O–H groups in total. The quantitative estimate of drug-likeness (QED) is 0.304. The fraction of sp³-hybridized carbons (Fsp3) is 0.250. The van der Waals surface area contributed by atoms with Crippen LogP contribution in [-0.4, -0.2) is 15.1 Å². The van der Waals surface area contributed by atoms with Crippen LogP contribution in [-0.2, 0) is 6.54 Å². The van der Waals surface area contributed by atoms with Gasteiger partial charge in [0.1, 0.15) is 0 Å². The third kappa shape index (κ3) is 1.51. The summed E-state index contributed by atoms with van der Waals surface area (Å²) in [5.41, 5.74) is 2.74. The Morgan fingerprint density at radius 3 is 3.18 bits per heavy atom. The molecule has 7 heteroatoms. The normalized spacial score (nSPS) is 9.91. The number of nitrogens with one attached hydrogen (secondary N) is 2. The van der Waals surface area contributed by atoms with Crippen LogP contribution in [0.1, 0.15) is 5.56 Å². The molecule has 1 aromatic rings. The summed E-state index contributed by atoms with van der Waals surface area (Å²) in [6.07, 6.45) is 1.36. The lowest BCUT2D eigenvalue weighted by molar-refractivity contribution is -0.390. The molecule has 0 saturated heterocycles. The van der Waals surface area contributed by atoms with Crippen molar-refractivity contribution < 1.29 is 4.92 Å². The first-order chi connectivity index (χ1) is 5.25. The Morgan fingerprint density at radius 2 is 2.64 bits per heavy atom. The molecule has 11 heavy (non-hydrogen) atoms. The van der Waals surface area contributed by atoms with Crippen molar-refractivity contribution in [2.45, 2.75) is 6.54 Å². The smallest absolute Gasteiger partial charge is 0.347 e. The summed E-state index contributed by atoms with van der Waals surface area (Å²) in [5.74, 6) is 4.85. The van der Waals surface area contributed by atoms with E-state index in [2.05, 4.69) is 15.6 Å². The summed E-state index contributed by atoms with van der Waals surface area (Å²) in [4.78, 5) is 9.68. The van der Waals surface area contributed by atoms with Crippen LogP contribution in [0.4, 0.5) is 5.82 Å². The largest absolute Gasteiger partial charge is 0.358 e. The zero-order valence-electron chi connectivity index (χ0n) is 5.57. The van der Waals surface area contributed by atoms with Gasteiger partial charge >= 0.3 is 5.82 Å². The lowest BCUT2D eigenvalue weighted by Gasteiger charge is -1.94. The molecule has 0 bridgehead atoms. The number of rotatable bonds is 3. The number of hydrazine groups is 1. The Balaban J connectivity index is 2.87. The van der Waals surface area contributed by atoms with Crippen molar-refractivity contribution in [3.8, 4) is 0 Å². The van der Waals surface area contributed by atoms with Crippen molar-refractivity contribution >= 4 is 5.82 Å². The first-order valence-corrected chi connectivity index (χ1v) is 2.86. The maximum atomic E-state index is 10.2. The van der Waals surface area contributed by atoms with Crippen LogP contribution in [0, 0.1) is 10.1 Å². The van der Waals surface area contributed by atoms with Crippen LogP contribution < -0.4 is 11.3 Å². The predicted molar refractivity (Wildman–Crippen MR) is 36.3 cm³/mol. The average Bonchev–Trinajstić information content (AvgIpc) is 2.36. The van der Waals surface area contributed by atoms with E-state index < -0.39 is 4.92 Å². The first kappa shape index (κ1) is 7.63. The molecule has 0 aliphatic heterocycles. The molecule has 1 rings (SSSR count). The van der Waals surface area contributed by atoms with Crippen LogP contribution in [0.5, 0.6) is 0 Å². The fourth-order valence-electron chi connectivity index (χ4n) is 0.702. The van der Waals surface area contributed by atoms with E-state index in [1.165, 1.54) is 6.20 Å². The van der Waals surface area contributed by atoms with Crippen LogP contribution >= 0.6 is 0 Å². The van der Waals surface area contributed by atoms with Crippen LogP contribution in [0.15, 0.2) is 6.20 Å². The van der Waals surface area contributed by atoms with Crippen molar-refractivity contribution in [2.75, 3.05) is 0 Å². The van der Waals surface area contributed by atoms with E-state index in [0.717, 1.165) is 0 Å². The molecule has 0 spiro atoms. The minimum absolute atomic E-state index is 0.122. The van der Waals surface area contributed by atoms with E-state index in [1.807, 2.05) is 0 Å². The maximum absolute atomic E-state index is 10.2. The topological polar surface area (TPSA) is 110 Å². The number of H-pyrrole nitrogens is 1. The summed E-state index contributed by atoms with van der Waals surface area (Å²) < 4.78 is 0. The van der Waals surface area contributed by atoms with Gasteiger partial charge in [-0.2, -0.15) is 0 Å². The molecule has 0 radical (unpaired) electrons. The second-order valence-corrected chi connectivity index (χ2v) is 1.88. The molecular weight excluding hydrogens is 150 g/mol. The first-order valence-electron chi connectivity index (χ1n) is 2.86. The monoisotopic (exact) mass is 157 g/mol. The number of aromatic nitrogens is 2. The zero-order chi connectivity index (χ0) is 8.27. The van der Waals surface area contributed by atoms with Gasteiger partial charge < -0.3 is 10.1 Å². The van der Waals surface area contributed by atoms with Gasteiger partial charge in [0, 0.05) is 6.54 Å². The Bertz CT molecular complexity index is 257. The average molecular weight is 157 g/mol. The van der Waals surface area contributed by atoms with E-state index in [-0.39, 0.29) is 12.4 Å². The second kappa shape index (κ2) is 3.08. The van der Waals surface area contributed by atoms with Gasteiger partial charge in [-0.3, -0.25) is 11.3 Å². The summed E-state index contributed by atoms with van der Waals surface area (Å²) in [6, 6.07) is 0. The van der Waals surface area contributed by atoms with Gasteiger partial charge in [0.05, 0.1) is 11.8 Å². The molecule has 60 valence electrons. The molecule has 0 aliphatic carbocycles. The van der Waals surface area contributed by atoms with Gasteiger partial charge in [-0.1, -0.05) is 5.10 Å². The summed E-state index contributed by atoms with van der Waals surface area (Å²) in [5, 5.41) is 16.0. The third-order valence-corrected chi connectivity index (χ3v) is 1.17. The van der Waals surface area contributed by atoms with Crippen LogP contribution in [0.2, 0.25) is 0 Å². The van der Waals surface area contributed by atoms with E-state index in [4.69, 9.17) is 5.84 Å². The number of hydrogen-bond donors (Lipinski definition) is 3. The van der Waals surface area contributed by atoms with Crippen molar-refractivity contribution in [3.63, 3.8) is 0 Å². The number of hydrogen-bond acceptors (Lipinski definition) is 5. The van der Waals surface area contributed by atoms with Crippen LogP contribution in [0.25, 0.3) is 0 Å². The highest BCUT2D eigenvalue weighted by atomic mass is 16.6. The molecule has 0 saturated carbocycles. The minimum atomic E-state index is -0.542. The summed E-state index contributed by atoms with van der Waals surface area (Å²) >= 11 is 0. The standard InChI is InChI=1S/C4H7N5O2/c5-6-1-3-2-7-8-4(3)9(10)11/h2,6H,1,5H2,(H,7,8). The van der Waals surface area contributed by atoms with E-state index in [0.29, 0.717) is 5.56 Å². The molecule has 7 nitrogen and oxygen atoms in total. The van der Waals surface area contributed by atoms with Gasteiger partial charge in [-0.05, 0) is 4.92 Å². The molecule has 0 atom stereocenters. The molecule has 0 aliphatic rings. The maximum Gasteiger partial charge on any atom is 0.347 e. The van der Waals surface area contributed by atoms with Crippen molar-refractivity contribution in [1.82, 2.24) is 15.6 Å². The second-order valence-electron chi connectivity index (χ2n) is 1.88. The highest BCUT2D eigenvalue weighted by Gasteiger charge is 2.12. The van der Waals surface area contributed by atoms with Crippen molar-refractivity contribution in [3.05, 3.63) is 21.9 Å². The zero-order valence-corrected chi connectivity index (χ0v) is 5.57. The molecule has 0 aromatic carbocycles. The lowest BCUT2D eigenvalue weighted by atomic mass is 10.3. The molecule has 1 heterocycles. The Labute approximate surface area is 61.7 Å². The highest BCUT2D eigenvalue weighted by Crippen LogP contribution is 2.11. The van der Waals surface area contributed by atoms with E-state index in [9.17, 15) is 10.1 Å². The van der Waals surface area contributed by atoms with Gasteiger partial charge in [-0.25, -0.2) is 0 Å². The highest BCUT2D eigenvalue weighted by molar-refractivity contribution is 5.28. The molecule has 1 aromatic heterocycles. The minimum Gasteiger partial charge on any atom is -0.358 e. The molecule has 0 amide bonds. The van der Waals surface area contributed by atoms with Gasteiger partial charge in [0.25, 0.3) is 0 Å². The fourth-order valence-corrected chi connectivity index (χ4v) is 0.702. The van der Waals surface area contributed by atoms with Crippen molar-refractivity contribution in [2.24, 2.45) is 5.84 Å². The lowest BCUT2D eigenvalue weighted by Crippen LogP contribution is -2.21. The van der Waals surface area contributed by atoms with E-state index in [1.54, 1.807) is 0 Å².